The number of amides is 2. The standard InChI is InChI=1S/C14H15BrN4O4/c1-6-3-8(15)5-19-11(7(2)17-12(6)19)13(21)18-9(14(22)23)4-10(16)20/h3,5,9H,4H2,1-2H3,(H2,16,20)(H,18,21)(H,22,23). The molecule has 2 amide bonds. The first-order valence-corrected chi connectivity index (χ1v) is 7.46. The first-order valence-electron chi connectivity index (χ1n) is 6.67. The van der Waals surface area contributed by atoms with E-state index in [2.05, 4.69) is 26.2 Å². The fourth-order valence-corrected chi connectivity index (χ4v) is 2.83. The number of halogens is 1. The topological polar surface area (TPSA) is 127 Å². The van der Waals surface area contributed by atoms with Gasteiger partial charge in [0.05, 0.1) is 12.1 Å². The smallest absolute Gasteiger partial charge is 0.326 e. The molecule has 23 heavy (non-hydrogen) atoms. The van der Waals surface area contributed by atoms with Gasteiger partial charge in [0, 0.05) is 10.7 Å². The minimum atomic E-state index is -1.39. The fraction of sp³-hybridized carbons (Fsp3) is 0.286. The van der Waals surface area contributed by atoms with Gasteiger partial charge in [0.1, 0.15) is 17.4 Å². The van der Waals surface area contributed by atoms with E-state index in [1.165, 1.54) is 0 Å². The molecule has 122 valence electrons. The predicted octanol–water partition coefficient (Wildman–Crippen LogP) is 0.772. The van der Waals surface area contributed by atoms with Crippen LogP contribution >= 0.6 is 15.9 Å². The number of nitrogens with two attached hydrogens (primary N) is 1. The van der Waals surface area contributed by atoms with Crippen molar-refractivity contribution in [3.05, 3.63) is 33.7 Å². The van der Waals surface area contributed by atoms with Gasteiger partial charge >= 0.3 is 5.97 Å². The van der Waals surface area contributed by atoms with Gasteiger partial charge < -0.3 is 16.2 Å². The second kappa shape index (κ2) is 6.37. The van der Waals surface area contributed by atoms with Crippen molar-refractivity contribution in [2.75, 3.05) is 0 Å². The molecule has 0 aromatic carbocycles. The number of pyridine rings is 1. The van der Waals surface area contributed by atoms with Crippen molar-refractivity contribution in [3.8, 4) is 0 Å². The maximum atomic E-state index is 12.5. The van der Waals surface area contributed by atoms with Crippen LogP contribution in [-0.2, 0) is 9.59 Å². The molecule has 0 fully saturated rings. The van der Waals surface area contributed by atoms with Crippen molar-refractivity contribution >= 4 is 39.4 Å². The minimum Gasteiger partial charge on any atom is -0.480 e. The molecule has 0 spiro atoms. The number of aliphatic carboxylic acids is 1. The zero-order chi connectivity index (χ0) is 17.3. The van der Waals surface area contributed by atoms with Gasteiger partial charge in [0.25, 0.3) is 5.91 Å². The summed E-state index contributed by atoms with van der Waals surface area (Å²) in [5.74, 6) is -2.78. The summed E-state index contributed by atoms with van der Waals surface area (Å²) in [5.41, 5.74) is 7.12. The van der Waals surface area contributed by atoms with E-state index < -0.39 is 30.2 Å². The van der Waals surface area contributed by atoms with E-state index >= 15 is 0 Å². The first kappa shape index (κ1) is 16.9. The Morgan fingerprint density at radius 1 is 1.43 bits per heavy atom. The van der Waals surface area contributed by atoms with Crippen molar-refractivity contribution in [2.45, 2.75) is 26.3 Å². The molecule has 0 aliphatic carbocycles. The van der Waals surface area contributed by atoms with E-state index in [9.17, 15) is 14.4 Å². The van der Waals surface area contributed by atoms with Gasteiger partial charge in [-0.1, -0.05) is 0 Å². The summed E-state index contributed by atoms with van der Waals surface area (Å²) in [6.45, 7) is 3.50. The molecule has 9 heteroatoms. The third kappa shape index (κ3) is 3.50. The van der Waals surface area contributed by atoms with Crippen LogP contribution in [0.15, 0.2) is 16.7 Å². The Balaban J connectivity index is 2.43. The van der Waals surface area contributed by atoms with Gasteiger partial charge in [0.15, 0.2) is 0 Å². The lowest BCUT2D eigenvalue weighted by atomic mass is 10.2. The van der Waals surface area contributed by atoms with Crippen LogP contribution in [0.25, 0.3) is 5.65 Å². The lowest BCUT2D eigenvalue weighted by Crippen LogP contribution is -2.43. The summed E-state index contributed by atoms with van der Waals surface area (Å²) < 4.78 is 2.33. The lowest BCUT2D eigenvalue weighted by molar-refractivity contribution is -0.140. The number of carboxylic acid groups (broad SMARTS) is 1. The van der Waals surface area contributed by atoms with Gasteiger partial charge in [-0.25, -0.2) is 9.78 Å². The molecule has 2 heterocycles. The van der Waals surface area contributed by atoms with Gasteiger partial charge in [-0.15, -0.1) is 0 Å². The maximum absolute atomic E-state index is 12.5. The highest BCUT2D eigenvalue weighted by Crippen LogP contribution is 2.20. The third-order valence-electron chi connectivity index (χ3n) is 3.27. The Bertz CT molecular complexity index is 815. The number of rotatable bonds is 5. The van der Waals surface area contributed by atoms with Crippen molar-refractivity contribution in [3.63, 3.8) is 0 Å². The number of primary amides is 1. The minimum absolute atomic E-state index is 0.208. The Labute approximate surface area is 139 Å². The monoisotopic (exact) mass is 382 g/mol. The summed E-state index contributed by atoms with van der Waals surface area (Å²) >= 11 is 3.35. The molecular formula is C14H15BrN4O4. The molecule has 1 atom stereocenters. The average Bonchev–Trinajstić information content (AvgIpc) is 2.73. The Morgan fingerprint density at radius 2 is 2.09 bits per heavy atom. The van der Waals surface area contributed by atoms with E-state index in [0.29, 0.717) is 11.3 Å². The fourth-order valence-electron chi connectivity index (χ4n) is 2.28. The predicted molar refractivity (Wildman–Crippen MR) is 85.1 cm³/mol. The Kier molecular flexibility index (Phi) is 4.69. The Morgan fingerprint density at radius 3 is 2.65 bits per heavy atom. The number of carbonyl (C=O) groups is 3. The highest BCUT2D eigenvalue weighted by atomic mass is 79.9. The van der Waals surface area contributed by atoms with E-state index in [1.807, 2.05) is 13.0 Å². The number of aryl methyl sites for hydroxylation is 2. The van der Waals surface area contributed by atoms with Crippen molar-refractivity contribution < 1.29 is 19.5 Å². The van der Waals surface area contributed by atoms with Gasteiger partial charge in [-0.05, 0) is 41.4 Å². The number of fused-ring (bicyclic) bond motifs is 1. The molecule has 1 unspecified atom stereocenters. The van der Waals surface area contributed by atoms with Crippen molar-refractivity contribution in [2.24, 2.45) is 5.73 Å². The molecule has 0 saturated carbocycles. The van der Waals surface area contributed by atoms with Crippen LogP contribution in [0, 0.1) is 13.8 Å². The van der Waals surface area contributed by atoms with E-state index in [0.717, 1.165) is 10.0 Å². The van der Waals surface area contributed by atoms with E-state index in [-0.39, 0.29) is 5.69 Å². The highest BCUT2D eigenvalue weighted by molar-refractivity contribution is 9.10. The lowest BCUT2D eigenvalue weighted by Gasteiger charge is -2.13. The molecule has 0 bridgehead atoms. The molecule has 0 saturated heterocycles. The zero-order valence-corrected chi connectivity index (χ0v) is 14.0. The molecule has 0 aliphatic heterocycles. The van der Waals surface area contributed by atoms with E-state index in [1.54, 1.807) is 17.5 Å². The largest absolute Gasteiger partial charge is 0.480 e. The van der Waals surface area contributed by atoms with Gasteiger partial charge in [-0.2, -0.15) is 0 Å². The zero-order valence-electron chi connectivity index (χ0n) is 12.5. The Hall–Kier alpha value is -2.42. The molecule has 0 radical (unpaired) electrons. The molecule has 2 aromatic heterocycles. The quantitative estimate of drug-likeness (QED) is 0.703. The van der Waals surface area contributed by atoms with Crippen LogP contribution in [0.3, 0.4) is 0 Å². The maximum Gasteiger partial charge on any atom is 0.326 e. The number of hydrogen-bond donors (Lipinski definition) is 3. The molecule has 0 aliphatic rings. The summed E-state index contributed by atoms with van der Waals surface area (Å²) in [7, 11) is 0. The summed E-state index contributed by atoms with van der Waals surface area (Å²) in [5, 5.41) is 11.4. The normalized spacial score (nSPS) is 12.1. The molecule has 8 nitrogen and oxygen atoms in total. The van der Waals surface area contributed by atoms with E-state index in [4.69, 9.17) is 10.8 Å². The van der Waals surface area contributed by atoms with Crippen molar-refractivity contribution in [1.29, 1.82) is 0 Å². The first-order chi connectivity index (χ1) is 10.7. The molecule has 2 rings (SSSR count). The van der Waals surface area contributed by atoms with Crippen LogP contribution in [-0.4, -0.2) is 38.3 Å². The summed E-state index contributed by atoms with van der Waals surface area (Å²) in [4.78, 5) is 38.9. The number of nitrogens with one attached hydrogen (secondary N) is 1. The van der Waals surface area contributed by atoms with Crippen molar-refractivity contribution in [1.82, 2.24) is 14.7 Å². The number of carbonyl (C=O) groups excluding carboxylic acids is 2. The summed E-state index contributed by atoms with van der Waals surface area (Å²) in [6.07, 6.45) is 1.18. The van der Waals surface area contributed by atoms with Crippen LogP contribution in [0.2, 0.25) is 0 Å². The number of hydrogen-bond acceptors (Lipinski definition) is 4. The summed E-state index contributed by atoms with van der Waals surface area (Å²) in [6, 6.07) is 0.467. The SMILES string of the molecule is Cc1nc2c(C)cc(Br)cn2c1C(=O)NC(CC(N)=O)C(=O)O. The second-order valence-corrected chi connectivity index (χ2v) is 6.03. The number of imidazole rings is 1. The van der Waals surface area contributed by atoms with Crippen LogP contribution < -0.4 is 11.1 Å². The molecule has 2 aromatic rings. The second-order valence-electron chi connectivity index (χ2n) is 5.12. The third-order valence-corrected chi connectivity index (χ3v) is 3.70. The number of aromatic nitrogens is 2. The average molecular weight is 383 g/mol. The van der Waals surface area contributed by atoms with Crippen LogP contribution in [0.5, 0.6) is 0 Å². The number of nitrogens with zero attached hydrogens (tertiary/aromatic N) is 2. The highest BCUT2D eigenvalue weighted by Gasteiger charge is 2.26. The number of carboxylic acids is 1. The van der Waals surface area contributed by atoms with Crippen LogP contribution in [0.1, 0.15) is 28.2 Å². The van der Waals surface area contributed by atoms with Crippen LogP contribution in [0.4, 0.5) is 0 Å². The van der Waals surface area contributed by atoms with Gasteiger partial charge in [-0.3, -0.25) is 14.0 Å². The van der Waals surface area contributed by atoms with Gasteiger partial charge in [0.2, 0.25) is 5.91 Å². The molecule has 4 N–H and O–H groups in total. The molecular weight excluding hydrogens is 368 g/mol.